The van der Waals surface area contributed by atoms with Crippen molar-refractivity contribution in [3.63, 3.8) is 0 Å². The van der Waals surface area contributed by atoms with Crippen LogP contribution in [0.25, 0.3) is 0 Å². The van der Waals surface area contributed by atoms with Gasteiger partial charge in [-0.3, -0.25) is 4.79 Å². The van der Waals surface area contributed by atoms with Gasteiger partial charge in [0.05, 0.1) is 23.3 Å². The first kappa shape index (κ1) is 17.9. The van der Waals surface area contributed by atoms with Crippen LogP contribution in [0.2, 0.25) is 10.0 Å². The minimum absolute atomic E-state index is 0.0620. The van der Waals surface area contributed by atoms with Crippen LogP contribution in [0.5, 0.6) is 0 Å². The zero-order chi connectivity index (χ0) is 17.3. The Morgan fingerprint density at radius 2 is 1.75 bits per heavy atom. The Morgan fingerprint density at radius 3 is 2.38 bits per heavy atom. The van der Waals surface area contributed by atoms with Gasteiger partial charge in [-0.05, 0) is 25.0 Å². The molecule has 2 aliphatic rings. The Morgan fingerprint density at radius 1 is 1.12 bits per heavy atom. The molecule has 2 aliphatic heterocycles. The van der Waals surface area contributed by atoms with Crippen molar-refractivity contribution in [1.82, 2.24) is 9.21 Å². The van der Waals surface area contributed by atoms with Gasteiger partial charge in [0.15, 0.2) is 0 Å². The largest absolute Gasteiger partial charge is 0.378 e. The van der Waals surface area contributed by atoms with Crippen molar-refractivity contribution in [3.8, 4) is 0 Å². The van der Waals surface area contributed by atoms with E-state index in [0.717, 1.165) is 0 Å². The van der Waals surface area contributed by atoms with Gasteiger partial charge < -0.3 is 9.64 Å². The number of ether oxygens (including phenoxy) is 1. The van der Waals surface area contributed by atoms with E-state index in [1.807, 2.05) is 0 Å². The SMILES string of the molecule is O=C(C1CCCN1S(=O)(=O)c1c(Cl)cccc1Cl)N1CCOCC1. The van der Waals surface area contributed by atoms with Crippen molar-refractivity contribution in [2.24, 2.45) is 0 Å². The van der Waals surface area contributed by atoms with E-state index in [0.29, 0.717) is 39.1 Å². The molecule has 1 atom stereocenters. The first-order valence-electron chi connectivity index (χ1n) is 7.75. The van der Waals surface area contributed by atoms with Crippen molar-refractivity contribution >= 4 is 39.1 Å². The second-order valence-electron chi connectivity index (χ2n) is 5.76. The smallest absolute Gasteiger partial charge is 0.246 e. The summed E-state index contributed by atoms with van der Waals surface area (Å²) in [5.74, 6) is -0.178. The van der Waals surface area contributed by atoms with Gasteiger partial charge in [0, 0.05) is 19.6 Å². The van der Waals surface area contributed by atoms with E-state index in [1.54, 1.807) is 11.0 Å². The summed E-state index contributed by atoms with van der Waals surface area (Å²) in [6, 6.07) is 3.84. The van der Waals surface area contributed by atoms with Crippen LogP contribution >= 0.6 is 23.2 Å². The molecule has 0 radical (unpaired) electrons. The van der Waals surface area contributed by atoms with Crippen LogP contribution in [0, 0.1) is 0 Å². The number of sulfonamides is 1. The van der Waals surface area contributed by atoms with Crippen LogP contribution in [-0.2, 0) is 19.6 Å². The summed E-state index contributed by atoms with van der Waals surface area (Å²) < 4.78 is 32.6. The number of hydrogen-bond acceptors (Lipinski definition) is 4. The third-order valence-corrected chi connectivity index (χ3v) is 7.16. The third kappa shape index (κ3) is 3.28. The molecule has 0 spiro atoms. The maximum atomic E-state index is 13.0. The predicted molar refractivity (Wildman–Crippen MR) is 90.8 cm³/mol. The highest BCUT2D eigenvalue weighted by Crippen LogP contribution is 2.35. The van der Waals surface area contributed by atoms with Crippen molar-refractivity contribution in [1.29, 1.82) is 0 Å². The Kier molecular flexibility index (Phi) is 5.36. The summed E-state index contributed by atoms with van der Waals surface area (Å²) in [5.41, 5.74) is 0. The molecule has 1 amide bonds. The highest BCUT2D eigenvalue weighted by molar-refractivity contribution is 7.89. The monoisotopic (exact) mass is 392 g/mol. The summed E-state index contributed by atoms with van der Waals surface area (Å²) in [7, 11) is -3.94. The lowest BCUT2D eigenvalue weighted by molar-refractivity contribution is -0.138. The molecule has 24 heavy (non-hydrogen) atoms. The van der Waals surface area contributed by atoms with Crippen LogP contribution < -0.4 is 0 Å². The first-order valence-corrected chi connectivity index (χ1v) is 9.95. The predicted octanol–water partition coefficient (Wildman–Crippen LogP) is 2.01. The van der Waals surface area contributed by atoms with Crippen LogP contribution in [0.3, 0.4) is 0 Å². The summed E-state index contributed by atoms with van der Waals surface area (Å²) in [6.07, 6.45) is 1.12. The van der Waals surface area contributed by atoms with Crippen molar-refractivity contribution in [2.75, 3.05) is 32.8 Å². The maximum Gasteiger partial charge on any atom is 0.246 e. The zero-order valence-corrected chi connectivity index (χ0v) is 15.3. The van der Waals surface area contributed by atoms with E-state index >= 15 is 0 Å². The Hall–Kier alpha value is -0.860. The van der Waals surface area contributed by atoms with Crippen molar-refractivity contribution in [3.05, 3.63) is 28.2 Å². The molecule has 9 heteroatoms. The summed E-state index contributed by atoms with van der Waals surface area (Å²) >= 11 is 12.1. The summed E-state index contributed by atoms with van der Waals surface area (Å²) in [6.45, 7) is 2.19. The van der Waals surface area contributed by atoms with E-state index in [4.69, 9.17) is 27.9 Å². The molecule has 2 fully saturated rings. The van der Waals surface area contributed by atoms with Gasteiger partial charge in [-0.1, -0.05) is 29.3 Å². The van der Waals surface area contributed by atoms with E-state index in [-0.39, 0.29) is 27.4 Å². The lowest BCUT2D eigenvalue weighted by Crippen LogP contribution is -2.51. The molecule has 2 heterocycles. The molecule has 6 nitrogen and oxygen atoms in total. The van der Waals surface area contributed by atoms with Gasteiger partial charge in [0.1, 0.15) is 10.9 Å². The number of hydrogen-bond donors (Lipinski definition) is 0. The average Bonchev–Trinajstić information content (AvgIpc) is 3.05. The van der Waals surface area contributed by atoms with E-state index in [2.05, 4.69) is 0 Å². The quantitative estimate of drug-likeness (QED) is 0.788. The Bertz CT molecular complexity index is 715. The van der Waals surface area contributed by atoms with Crippen molar-refractivity contribution < 1.29 is 17.9 Å². The number of carbonyl (C=O) groups excluding carboxylic acids is 1. The number of halogens is 2. The minimum Gasteiger partial charge on any atom is -0.378 e. The van der Waals surface area contributed by atoms with Gasteiger partial charge in [-0.2, -0.15) is 4.31 Å². The fraction of sp³-hybridized carbons (Fsp3) is 0.533. The molecule has 1 unspecified atom stereocenters. The second kappa shape index (κ2) is 7.17. The van der Waals surface area contributed by atoms with E-state index < -0.39 is 16.1 Å². The number of rotatable bonds is 3. The molecule has 0 saturated carbocycles. The zero-order valence-electron chi connectivity index (χ0n) is 13.0. The molecule has 2 saturated heterocycles. The number of benzene rings is 1. The number of morpholine rings is 1. The summed E-state index contributed by atoms with van der Waals surface area (Å²) in [4.78, 5) is 14.3. The first-order chi connectivity index (χ1) is 11.4. The van der Waals surface area contributed by atoms with Crippen LogP contribution in [0.1, 0.15) is 12.8 Å². The van der Waals surface area contributed by atoms with E-state index in [1.165, 1.54) is 16.4 Å². The lowest BCUT2D eigenvalue weighted by atomic mass is 10.2. The van der Waals surface area contributed by atoms with Gasteiger partial charge in [-0.25, -0.2) is 8.42 Å². The fourth-order valence-electron chi connectivity index (χ4n) is 3.12. The number of carbonyl (C=O) groups is 1. The molecular weight excluding hydrogens is 375 g/mol. The molecule has 0 bridgehead atoms. The fourth-order valence-corrected chi connectivity index (χ4v) is 5.86. The molecular formula is C15H18Cl2N2O4S. The van der Waals surface area contributed by atoms with Gasteiger partial charge >= 0.3 is 0 Å². The maximum absolute atomic E-state index is 13.0. The summed E-state index contributed by atoms with van der Waals surface area (Å²) in [5, 5.41) is 0.124. The second-order valence-corrected chi connectivity index (χ2v) is 8.40. The van der Waals surface area contributed by atoms with Crippen LogP contribution in [-0.4, -0.2) is 62.4 Å². The van der Waals surface area contributed by atoms with Crippen LogP contribution in [0.4, 0.5) is 0 Å². The van der Waals surface area contributed by atoms with Crippen LogP contribution in [0.15, 0.2) is 23.1 Å². The Balaban J connectivity index is 1.90. The van der Waals surface area contributed by atoms with Gasteiger partial charge in [0.25, 0.3) is 0 Å². The highest BCUT2D eigenvalue weighted by Gasteiger charge is 2.42. The molecule has 1 aromatic rings. The van der Waals surface area contributed by atoms with Gasteiger partial charge in [0.2, 0.25) is 15.9 Å². The number of nitrogens with zero attached hydrogens (tertiary/aromatic N) is 2. The topological polar surface area (TPSA) is 66.9 Å². The van der Waals surface area contributed by atoms with Crippen molar-refractivity contribution in [2.45, 2.75) is 23.8 Å². The normalized spacial score (nSPS) is 22.8. The standard InChI is InChI=1S/C15H18Cl2N2O4S/c16-11-3-1-4-12(17)14(11)24(21,22)19-6-2-5-13(19)15(20)18-7-9-23-10-8-18/h1,3-4,13H,2,5-10H2. The highest BCUT2D eigenvalue weighted by atomic mass is 35.5. The molecule has 0 N–H and O–H groups in total. The lowest BCUT2D eigenvalue weighted by Gasteiger charge is -2.32. The average molecular weight is 393 g/mol. The minimum atomic E-state index is -3.94. The molecule has 3 rings (SSSR count). The van der Waals surface area contributed by atoms with Gasteiger partial charge in [-0.15, -0.1) is 0 Å². The molecule has 132 valence electrons. The van der Waals surface area contributed by atoms with E-state index in [9.17, 15) is 13.2 Å². The third-order valence-electron chi connectivity index (χ3n) is 4.30. The molecule has 1 aromatic carbocycles. The number of amides is 1. The Labute approximate surface area is 151 Å². The molecule has 0 aliphatic carbocycles. The molecule has 0 aromatic heterocycles.